The lowest BCUT2D eigenvalue weighted by Crippen LogP contribution is -2.11. The van der Waals surface area contributed by atoms with Crippen LogP contribution in [0.4, 0.5) is 5.69 Å². The van der Waals surface area contributed by atoms with Gasteiger partial charge in [-0.3, -0.25) is 4.79 Å². The summed E-state index contributed by atoms with van der Waals surface area (Å²) in [5.74, 6) is -0.644. The Morgan fingerprint density at radius 3 is 2.83 bits per heavy atom. The number of nitrogens with one attached hydrogen (secondary N) is 1. The minimum atomic E-state index is -0.532. The van der Waals surface area contributed by atoms with E-state index in [0.717, 1.165) is 0 Å². The molecule has 0 bridgehead atoms. The number of nitrogens with zero attached hydrogens (tertiary/aromatic N) is 1. The summed E-state index contributed by atoms with van der Waals surface area (Å²) in [5, 5.41) is 10.9. The summed E-state index contributed by atoms with van der Waals surface area (Å²) in [6.07, 6.45) is -0.226. The van der Waals surface area contributed by atoms with E-state index in [-0.39, 0.29) is 12.0 Å². The van der Waals surface area contributed by atoms with Gasteiger partial charge in [-0.2, -0.15) is 5.26 Å². The van der Waals surface area contributed by atoms with E-state index in [0.29, 0.717) is 11.4 Å². The van der Waals surface area contributed by atoms with E-state index < -0.39 is 11.9 Å². The fourth-order valence-electron chi connectivity index (χ4n) is 1.11. The molecular formula is C13H12N2O3. The van der Waals surface area contributed by atoms with Gasteiger partial charge in [-0.05, 0) is 19.1 Å². The minimum Gasteiger partial charge on any atom is -0.423 e. The molecule has 0 fully saturated rings. The molecule has 0 aromatic heterocycles. The zero-order valence-corrected chi connectivity index (χ0v) is 9.90. The van der Waals surface area contributed by atoms with Crippen molar-refractivity contribution in [1.82, 2.24) is 0 Å². The number of rotatable bonds is 4. The average molecular weight is 244 g/mol. The Kier molecular flexibility index (Phi) is 4.64. The first-order chi connectivity index (χ1) is 8.52. The van der Waals surface area contributed by atoms with Crippen LogP contribution in [0.5, 0.6) is 5.75 Å². The number of benzene rings is 1. The van der Waals surface area contributed by atoms with Gasteiger partial charge in [0.1, 0.15) is 12.2 Å². The molecule has 0 heterocycles. The summed E-state index contributed by atoms with van der Waals surface area (Å²) in [5.41, 5.74) is 0.746. The second-order valence-electron chi connectivity index (χ2n) is 3.58. The van der Waals surface area contributed by atoms with E-state index in [2.05, 4.69) is 11.9 Å². The predicted octanol–water partition coefficient (Wildman–Crippen LogP) is 2.02. The number of nitriles is 1. The molecule has 0 unspecified atom stereocenters. The first-order valence-corrected chi connectivity index (χ1v) is 5.17. The van der Waals surface area contributed by atoms with Gasteiger partial charge in [-0.1, -0.05) is 12.6 Å². The monoisotopic (exact) mass is 244 g/mol. The quantitative estimate of drug-likeness (QED) is 0.499. The molecule has 18 heavy (non-hydrogen) atoms. The van der Waals surface area contributed by atoms with Crippen LogP contribution in [-0.2, 0) is 9.59 Å². The highest BCUT2D eigenvalue weighted by molar-refractivity contribution is 5.92. The maximum absolute atomic E-state index is 11.3. The summed E-state index contributed by atoms with van der Waals surface area (Å²) in [7, 11) is 0. The lowest BCUT2D eigenvalue weighted by molar-refractivity contribution is -0.130. The maximum Gasteiger partial charge on any atom is 0.338 e. The Morgan fingerprint density at radius 1 is 1.50 bits per heavy atom. The molecular weight excluding hydrogens is 232 g/mol. The van der Waals surface area contributed by atoms with Crippen molar-refractivity contribution in [2.45, 2.75) is 13.3 Å². The van der Waals surface area contributed by atoms with E-state index in [1.165, 1.54) is 6.07 Å². The van der Waals surface area contributed by atoms with Crippen LogP contribution in [0.2, 0.25) is 0 Å². The molecule has 0 spiro atoms. The van der Waals surface area contributed by atoms with E-state index >= 15 is 0 Å². The van der Waals surface area contributed by atoms with Crippen LogP contribution in [0.1, 0.15) is 13.3 Å². The minimum absolute atomic E-state index is 0.226. The Labute approximate surface area is 105 Å². The molecule has 0 aliphatic carbocycles. The number of amides is 1. The van der Waals surface area contributed by atoms with Gasteiger partial charge in [-0.15, -0.1) is 0 Å². The molecule has 0 saturated carbocycles. The largest absolute Gasteiger partial charge is 0.423 e. The molecule has 0 aliphatic rings. The molecule has 1 N–H and O–H groups in total. The molecule has 5 heteroatoms. The van der Waals surface area contributed by atoms with E-state index in [4.69, 9.17) is 10.00 Å². The highest BCUT2D eigenvalue weighted by Crippen LogP contribution is 2.18. The van der Waals surface area contributed by atoms with Gasteiger partial charge in [0.2, 0.25) is 5.91 Å². The Hall–Kier alpha value is -2.61. The van der Waals surface area contributed by atoms with Gasteiger partial charge < -0.3 is 10.1 Å². The van der Waals surface area contributed by atoms with Crippen LogP contribution in [0, 0.1) is 11.3 Å². The van der Waals surface area contributed by atoms with Crippen molar-refractivity contribution >= 4 is 17.6 Å². The third kappa shape index (κ3) is 4.10. The van der Waals surface area contributed by atoms with Crippen molar-refractivity contribution < 1.29 is 14.3 Å². The lowest BCUT2D eigenvalue weighted by Gasteiger charge is -2.06. The van der Waals surface area contributed by atoms with Crippen LogP contribution in [0.15, 0.2) is 36.4 Å². The van der Waals surface area contributed by atoms with Crippen LogP contribution < -0.4 is 10.1 Å². The third-order valence-electron chi connectivity index (χ3n) is 1.92. The van der Waals surface area contributed by atoms with Crippen molar-refractivity contribution in [2.24, 2.45) is 0 Å². The van der Waals surface area contributed by atoms with Gasteiger partial charge in [0, 0.05) is 17.3 Å². The number of ether oxygens (including phenoxy) is 1. The summed E-state index contributed by atoms with van der Waals surface area (Å²) in [6.45, 7) is 5.01. The molecule has 92 valence electrons. The number of anilines is 1. The van der Waals surface area contributed by atoms with Gasteiger partial charge in [-0.25, -0.2) is 4.79 Å². The van der Waals surface area contributed by atoms with Gasteiger partial charge >= 0.3 is 5.97 Å². The van der Waals surface area contributed by atoms with Crippen LogP contribution in [0.3, 0.4) is 0 Å². The maximum atomic E-state index is 11.3. The normalized spacial score (nSPS) is 9.11. The van der Waals surface area contributed by atoms with Crippen LogP contribution >= 0.6 is 0 Å². The average Bonchev–Trinajstić information content (AvgIpc) is 2.29. The first kappa shape index (κ1) is 13.5. The number of carbonyl (C=O) groups is 2. The SMILES string of the molecule is C=C(C)C(=O)Oc1cccc(NC(=O)CC#N)c1. The zero-order chi connectivity index (χ0) is 13.5. The van der Waals surface area contributed by atoms with Crippen molar-refractivity contribution in [3.05, 3.63) is 36.4 Å². The highest BCUT2D eigenvalue weighted by Gasteiger charge is 2.07. The Morgan fingerprint density at radius 2 is 2.22 bits per heavy atom. The smallest absolute Gasteiger partial charge is 0.338 e. The number of hydrogen-bond donors (Lipinski definition) is 1. The van der Waals surface area contributed by atoms with Crippen molar-refractivity contribution in [3.63, 3.8) is 0 Å². The van der Waals surface area contributed by atoms with Crippen molar-refractivity contribution in [3.8, 4) is 11.8 Å². The molecule has 1 aromatic carbocycles. The molecule has 0 aliphatic heterocycles. The number of carbonyl (C=O) groups excluding carboxylic acids is 2. The summed E-state index contributed by atoms with van der Waals surface area (Å²) < 4.78 is 5.00. The molecule has 1 amide bonds. The van der Waals surface area contributed by atoms with Gasteiger partial charge in [0.15, 0.2) is 0 Å². The first-order valence-electron chi connectivity index (χ1n) is 5.17. The molecule has 5 nitrogen and oxygen atoms in total. The highest BCUT2D eigenvalue weighted by atomic mass is 16.5. The molecule has 1 rings (SSSR count). The third-order valence-corrected chi connectivity index (χ3v) is 1.92. The standard InChI is InChI=1S/C13H12N2O3/c1-9(2)13(17)18-11-5-3-4-10(8-11)15-12(16)6-7-14/h3-5,8H,1,6H2,2H3,(H,15,16). The van der Waals surface area contributed by atoms with Gasteiger partial charge in [0.25, 0.3) is 0 Å². The van der Waals surface area contributed by atoms with Crippen molar-refractivity contribution in [1.29, 1.82) is 5.26 Å². The summed E-state index contributed by atoms with van der Waals surface area (Å²) in [6, 6.07) is 8.08. The van der Waals surface area contributed by atoms with E-state index in [9.17, 15) is 9.59 Å². The summed E-state index contributed by atoms with van der Waals surface area (Å²) in [4.78, 5) is 22.5. The van der Waals surface area contributed by atoms with E-state index in [1.807, 2.05) is 0 Å². The van der Waals surface area contributed by atoms with Crippen LogP contribution in [0.25, 0.3) is 0 Å². The van der Waals surface area contributed by atoms with Crippen LogP contribution in [-0.4, -0.2) is 11.9 Å². The second kappa shape index (κ2) is 6.21. The fourth-order valence-corrected chi connectivity index (χ4v) is 1.11. The molecule has 1 aromatic rings. The molecule has 0 saturated heterocycles. The molecule has 0 atom stereocenters. The lowest BCUT2D eigenvalue weighted by atomic mass is 10.3. The van der Waals surface area contributed by atoms with Crippen molar-refractivity contribution in [2.75, 3.05) is 5.32 Å². The Bertz CT molecular complexity index is 529. The van der Waals surface area contributed by atoms with E-state index in [1.54, 1.807) is 31.2 Å². The number of esters is 1. The van der Waals surface area contributed by atoms with Gasteiger partial charge in [0.05, 0.1) is 6.07 Å². The Balaban J connectivity index is 2.74. The topological polar surface area (TPSA) is 79.2 Å². The zero-order valence-electron chi connectivity index (χ0n) is 9.90. The fraction of sp³-hybridized carbons (Fsp3) is 0.154. The number of hydrogen-bond acceptors (Lipinski definition) is 4. The summed E-state index contributed by atoms with van der Waals surface area (Å²) >= 11 is 0. The predicted molar refractivity (Wildman–Crippen MR) is 65.8 cm³/mol. The second-order valence-corrected chi connectivity index (χ2v) is 3.58. The molecule has 0 radical (unpaired) electrons.